The zero-order valence-electron chi connectivity index (χ0n) is 11.4. The van der Waals surface area contributed by atoms with Crippen molar-refractivity contribution >= 4 is 10.9 Å². The maximum absolute atomic E-state index is 9.39. The van der Waals surface area contributed by atoms with Gasteiger partial charge in [0, 0.05) is 34.8 Å². The van der Waals surface area contributed by atoms with Crippen molar-refractivity contribution in [3.8, 4) is 11.3 Å². The van der Waals surface area contributed by atoms with E-state index in [0.29, 0.717) is 5.82 Å². The fourth-order valence-electron chi connectivity index (χ4n) is 2.40. The van der Waals surface area contributed by atoms with E-state index in [1.165, 1.54) is 0 Å². The van der Waals surface area contributed by atoms with Crippen molar-refractivity contribution in [1.82, 2.24) is 15.0 Å². The minimum atomic E-state index is 0.000144. The quantitative estimate of drug-likeness (QED) is 0.763. The van der Waals surface area contributed by atoms with Crippen molar-refractivity contribution in [3.63, 3.8) is 0 Å². The summed E-state index contributed by atoms with van der Waals surface area (Å²) in [6.07, 6.45) is 4.56. The highest BCUT2D eigenvalue weighted by Crippen LogP contribution is 2.27. The summed E-state index contributed by atoms with van der Waals surface area (Å²) in [7, 11) is 0. The number of benzene rings is 1. The summed E-state index contributed by atoms with van der Waals surface area (Å²) in [6, 6.07) is 10.1. The second kappa shape index (κ2) is 5.43. The van der Waals surface area contributed by atoms with Gasteiger partial charge in [-0.3, -0.25) is 0 Å². The number of nitrogens with one attached hydrogen (secondary N) is 1. The maximum atomic E-state index is 9.39. The number of rotatable bonds is 4. The van der Waals surface area contributed by atoms with Gasteiger partial charge in [0.2, 0.25) is 0 Å². The molecule has 1 atom stereocenters. The van der Waals surface area contributed by atoms with Crippen LogP contribution >= 0.6 is 0 Å². The Balaban J connectivity index is 2.08. The summed E-state index contributed by atoms with van der Waals surface area (Å²) in [5.74, 6) is 0.706. The summed E-state index contributed by atoms with van der Waals surface area (Å²) >= 11 is 0. The molecule has 0 saturated carbocycles. The molecule has 102 valence electrons. The van der Waals surface area contributed by atoms with Crippen LogP contribution < -0.4 is 0 Å². The number of para-hydroxylation sites is 1. The van der Waals surface area contributed by atoms with E-state index in [1.807, 2.05) is 37.4 Å². The van der Waals surface area contributed by atoms with Gasteiger partial charge in [0.1, 0.15) is 5.82 Å². The monoisotopic (exact) mass is 267 g/mol. The number of hydrogen-bond donors (Lipinski definition) is 2. The highest BCUT2D eigenvalue weighted by molar-refractivity contribution is 5.94. The first-order valence-corrected chi connectivity index (χ1v) is 6.83. The molecule has 3 rings (SSSR count). The number of nitrogens with zero attached hydrogens (tertiary/aromatic N) is 2. The molecule has 0 fully saturated rings. The van der Waals surface area contributed by atoms with Crippen LogP contribution in [0.1, 0.15) is 25.1 Å². The standard InChI is InChI=1S/C16H17N3O/c1-2-11(10-20)16-17-8-7-15(19-16)13-9-18-14-6-4-3-5-12(13)14/h3-9,11,18,20H,2,10H2,1H3. The SMILES string of the molecule is CCC(CO)c1nccc(-c2c[nH]c3ccccc23)n1. The van der Waals surface area contributed by atoms with Crippen LogP contribution in [0.25, 0.3) is 22.2 Å². The van der Waals surface area contributed by atoms with Gasteiger partial charge in [0.25, 0.3) is 0 Å². The Morgan fingerprint density at radius 1 is 1.25 bits per heavy atom. The molecule has 4 heteroatoms. The lowest BCUT2D eigenvalue weighted by Crippen LogP contribution is -2.07. The molecule has 2 N–H and O–H groups in total. The number of H-pyrrole nitrogens is 1. The highest BCUT2D eigenvalue weighted by atomic mass is 16.3. The van der Waals surface area contributed by atoms with E-state index in [0.717, 1.165) is 28.6 Å². The summed E-state index contributed by atoms with van der Waals surface area (Å²) in [5, 5.41) is 10.5. The molecule has 0 aliphatic rings. The summed E-state index contributed by atoms with van der Waals surface area (Å²) in [4.78, 5) is 12.2. The number of aromatic amines is 1. The number of aliphatic hydroxyl groups is 1. The molecule has 2 heterocycles. The van der Waals surface area contributed by atoms with Gasteiger partial charge in [-0.2, -0.15) is 0 Å². The van der Waals surface area contributed by atoms with Crippen LogP contribution in [0.2, 0.25) is 0 Å². The molecule has 0 saturated heterocycles. The van der Waals surface area contributed by atoms with Crippen molar-refractivity contribution in [1.29, 1.82) is 0 Å². The minimum Gasteiger partial charge on any atom is -0.396 e. The van der Waals surface area contributed by atoms with Gasteiger partial charge in [0.15, 0.2) is 0 Å². The van der Waals surface area contributed by atoms with Gasteiger partial charge in [-0.25, -0.2) is 9.97 Å². The van der Waals surface area contributed by atoms with Crippen LogP contribution in [0, 0.1) is 0 Å². The summed E-state index contributed by atoms with van der Waals surface area (Å²) in [5.41, 5.74) is 3.05. The van der Waals surface area contributed by atoms with Crippen molar-refractivity contribution in [2.45, 2.75) is 19.3 Å². The highest BCUT2D eigenvalue weighted by Gasteiger charge is 2.13. The van der Waals surface area contributed by atoms with Gasteiger partial charge < -0.3 is 10.1 Å². The third-order valence-corrected chi connectivity index (χ3v) is 3.62. The predicted octanol–water partition coefficient (Wildman–Crippen LogP) is 3.11. The van der Waals surface area contributed by atoms with Crippen LogP contribution in [0.3, 0.4) is 0 Å². The number of fused-ring (bicyclic) bond motifs is 1. The smallest absolute Gasteiger partial charge is 0.134 e. The molecule has 4 nitrogen and oxygen atoms in total. The topological polar surface area (TPSA) is 61.8 Å². The van der Waals surface area contributed by atoms with Crippen LogP contribution in [0.4, 0.5) is 0 Å². The Kier molecular flexibility index (Phi) is 3.48. The molecule has 0 spiro atoms. The minimum absolute atomic E-state index is 0.000144. The molecule has 3 aromatic rings. The molecule has 20 heavy (non-hydrogen) atoms. The molecule has 0 bridgehead atoms. The van der Waals surface area contributed by atoms with E-state index in [4.69, 9.17) is 0 Å². The average Bonchev–Trinajstić information content (AvgIpc) is 2.93. The normalized spacial score (nSPS) is 12.7. The van der Waals surface area contributed by atoms with E-state index < -0.39 is 0 Å². The predicted molar refractivity (Wildman–Crippen MR) is 79.4 cm³/mol. The van der Waals surface area contributed by atoms with E-state index in [1.54, 1.807) is 6.20 Å². The Morgan fingerprint density at radius 2 is 2.10 bits per heavy atom. The molecule has 1 unspecified atom stereocenters. The van der Waals surface area contributed by atoms with Crippen molar-refractivity contribution in [3.05, 3.63) is 48.5 Å². The third-order valence-electron chi connectivity index (χ3n) is 3.62. The molecule has 0 aliphatic carbocycles. The number of aliphatic hydroxyl groups excluding tert-OH is 1. The van der Waals surface area contributed by atoms with Crippen LogP contribution in [-0.4, -0.2) is 26.7 Å². The van der Waals surface area contributed by atoms with E-state index in [-0.39, 0.29) is 12.5 Å². The van der Waals surface area contributed by atoms with E-state index in [2.05, 4.69) is 21.0 Å². The third kappa shape index (κ3) is 2.18. The van der Waals surface area contributed by atoms with Crippen LogP contribution in [0.5, 0.6) is 0 Å². The first kappa shape index (κ1) is 12.8. The fraction of sp³-hybridized carbons (Fsp3) is 0.250. The lowest BCUT2D eigenvalue weighted by molar-refractivity contribution is 0.257. The Bertz CT molecular complexity index is 716. The molecule has 2 aromatic heterocycles. The second-order valence-electron chi connectivity index (χ2n) is 4.84. The Hall–Kier alpha value is -2.20. The number of aromatic nitrogens is 3. The average molecular weight is 267 g/mol. The fourth-order valence-corrected chi connectivity index (χ4v) is 2.40. The Labute approximate surface area is 117 Å². The first-order chi connectivity index (χ1) is 9.83. The van der Waals surface area contributed by atoms with Gasteiger partial charge in [-0.15, -0.1) is 0 Å². The van der Waals surface area contributed by atoms with Gasteiger partial charge in [-0.1, -0.05) is 25.1 Å². The molecule has 1 aromatic carbocycles. The van der Waals surface area contributed by atoms with Crippen molar-refractivity contribution in [2.24, 2.45) is 0 Å². The lowest BCUT2D eigenvalue weighted by Gasteiger charge is -2.10. The van der Waals surface area contributed by atoms with Crippen LogP contribution in [-0.2, 0) is 0 Å². The summed E-state index contributed by atoms with van der Waals surface area (Å²) < 4.78 is 0. The van der Waals surface area contributed by atoms with Gasteiger partial charge in [0.05, 0.1) is 12.3 Å². The van der Waals surface area contributed by atoms with E-state index >= 15 is 0 Å². The second-order valence-corrected chi connectivity index (χ2v) is 4.84. The van der Waals surface area contributed by atoms with Gasteiger partial charge >= 0.3 is 0 Å². The zero-order chi connectivity index (χ0) is 13.9. The molecular formula is C16H17N3O. The van der Waals surface area contributed by atoms with Crippen molar-refractivity contribution in [2.75, 3.05) is 6.61 Å². The number of hydrogen-bond acceptors (Lipinski definition) is 3. The van der Waals surface area contributed by atoms with Gasteiger partial charge in [-0.05, 0) is 18.6 Å². The maximum Gasteiger partial charge on any atom is 0.134 e. The largest absolute Gasteiger partial charge is 0.396 e. The molecule has 0 radical (unpaired) electrons. The Morgan fingerprint density at radius 3 is 2.90 bits per heavy atom. The van der Waals surface area contributed by atoms with E-state index in [9.17, 15) is 5.11 Å². The van der Waals surface area contributed by atoms with Crippen LogP contribution in [0.15, 0.2) is 42.7 Å². The summed E-state index contributed by atoms with van der Waals surface area (Å²) in [6.45, 7) is 2.11. The van der Waals surface area contributed by atoms with Crippen molar-refractivity contribution < 1.29 is 5.11 Å². The molecular weight excluding hydrogens is 250 g/mol. The first-order valence-electron chi connectivity index (χ1n) is 6.83. The zero-order valence-corrected chi connectivity index (χ0v) is 11.4. The molecule has 0 amide bonds. The molecule has 0 aliphatic heterocycles. The lowest BCUT2D eigenvalue weighted by atomic mass is 10.1.